The van der Waals surface area contributed by atoms with Crippen LogP contribution in [-0.4, -0.2) is 25.2 Å². The van der Waals surface area contributed by atoms with Crippen molar-refractivity contribution < 1.29 is 4.74 Å². The summed E-state index contributed by atoms with van der Waals surface area (Å²) in [5.41, 5.74) is 5.11. The molecule has 0 fully saturated rings. The van der Waals surface area contributed by atoms with E-state index in [1.807, 2.05) is 19.3 Å². The highest BCUT2D eigenvalue weighted by Crippen LogP contribution is 2.30. The maximum Gasteiger partial charge on any atom is 0.0951 e. The minimum absolute atomic E-state index is 0. The summed E-state index contributed by atoms with van der Waals surface area (Å²) >= 11 is 0. The van der Waals surface area contributed by atoms with Crippen LogP contribution < -0.4 is 5.32 Å². The topological polar surface area (TPSA) is 34.1 Å². The predicted octanol–water partition coefficient (Wildman–Crippen LogP) is 3.43. The van der Waals surface area contributed by atoms with Crippen molar-refractivity contribution >= 4 is 24.8 Å². The lowest BCUT2D eigenvalue weighted by molar-refractivity contribution is 0.0439. The molecule has 2 aromatic rings. The molecule has 0 radical (unpaired) electrons. The van der Waals surface area contributed by atoms with Crippen LogP contribution in [0.5, 0.6) is 0 Å². The van der Waals surface area contributed by atoms with Gasteiger partial charge in [0.15, 0.2) is 0 Å². The van der Waals surface area contributed by atoms with Crippen LogP contribution in [0.1, 0.15) is 17.2 Å². The van der Waals surface area contributed by atoms with Crippen molar-refractivity contribution in [3.8, 4) is 11.1 Å². The van der Waals surface area contributed by atoms with Crippen LogP contribution in [-0.2, 0) is 11.2 Å². The molecule has 0 unspecified atom stereocenters. The lowest BCUT2D eigenvalue weighted by atomic mass is 9.93. The zero-order valence-corrected chi connectivity index (χ0v) is 13.5. The zero-order chi connectivity index (χ0) is 13.1. The summed E-state index contributed by atoms with van der Waals surface area (Å²) in [5.74, 6) is 0. The molecule has 5 heteroatoms. The summed E-state index contributed by atoms with van der Waals surface area (Å²) in [6, 6.07) is 10.7. The number of nitrogens with zero attached hydrogens (tertiary/aromatic N) is 1. The number of aromatic nitrogens is 1. The van der Waals surface area contributed by atoms with Crippen molar-refractivity contribution in [2.24, 2.45) is 0 Å². The molecular weight excluding hydrogens is 307 g/mol. The summed E-state index contributed by atoms with van der Waals surface area (Å²) in [5, 5.41) is 3.19. The highest BCUT2D eigenvalue weighted by Gasteiger charge is 2.20. The minimum Gasteiger partial charge on any atom is -0.372 e. The molecule has 0 saturated carbocycles. The van der Waals surface area contributed by atoms with E-state index in [-0.39, 0.29) is 30.9 Å². The maximum atomic E-state index is 5.82. The number of rotatable bonds is 3. The number of halogens is 2. The Bertz CT molecular complexity index is 563. The third kappa shape index (κ3) is 3.95. The molecule has 1 N–H and O–H groups in total. The highest BCUT2D eigenvalue weighted by atomic mass is 35.5. The van der Waals surface area contributed by atoms with Crippen LogP contribution in [0.15, 0.2) is 42.7 Å². The number of nitrogens with one attached hydrogen (secondary N) is 1. The van der Waals surface area contributed by atoms with Crippen LogP contribution in [0.4, 0.5) is 0 Å². The minimum atomic E-state index is 0. The Balaban J connectivity index is 0.00000110. The summed E-state index contributed by atoms with van der Waals surface area (Å²) in [6.45, 7) is 1.66. The molecule has 1 aliphatic heterocycles. The molecule has 0 aliphatic carbocycles. The Kier molecular flexibility index (Phi) is 7.12. The standard InChI is InChI=1S/C16H18N2O.2ClH/c1-17-11-16-15-5-4-12(9-13(15)6-8-19-16)14-3-2-7-18-10-14;;/h2-5,7,9-10,16-17H,6,8,11H2,1H3;2*1H/t16-;;/m0../s1. The van der Waals surface area contributed by atoms with E-state index in [4.69, 9.17) is 4.74 Å². The second-order valence-corrected chi connectivity index (χ2v) is 4.82. The highest BCUT2D eigenvalue weighted by molar-refractivity contribution is 5.85. The van der Waals surface area contributed by atoms with Crippen LogP contribution in [0.3, 0.4) is 0 Å². The van der Waals surface area contributed by atoms with Gasteiger partial charge in [-0.05, 0) is 41.8 Å². The number of hydrogen-bond donors (Lipinski definition) is 1. The Morgan fingerprint density at radius 1 is 1.24 bits per heavy atom. The average molecular weight is 327 g/mol. The van der Waals surface area contributed by atoms with Crippen LogP contribution in [0, 0.1) is 0 Å². The van der Waals surface area contributed by atoms with Gasteiger partial charge in [0.2, 0.25) is 0 Å². The summed E-state index contributed by atoms with van der Waals surface area (Å²) in [7, 11) is 1.96. The van der Waals surface area contributed by atoms with E-state index in [0.717, 1.165) is 19.6 Å². The molecule has 2 heterocycles. The van der Waals surface area contributed by atoms with E-state index in [1.54, 1.807) is 6.20 Å². The van der Waals surface area contributed by atoms with E-state index in [1.165, 1.54) is 22.3 Å². The Labute approximate surface area is 137 Å². The molecule has 114 valence electrons. The first-order valence-electron chi connectivity index (χ1n) is 6.68. The summed E-state index contributed by atoms with van der Waals surface area (Å²) < 4.78 is 5.82. The number of ether oxygens (including phenoxy) is 1. The van der Waals surface area contributed by atoms with Gasteiger partial charge in [-0.1, -0.05) is 24.3 Å². The van der Waals surface area contributed by atoms with Crippen molar-refractivity contribution in [3.63, 3.8) is 0 Å². The molecule has 3 nitrogen and oxygen atoms in total. The van der Waals surface area contributed by atoms with Gasteiger partial charge in [-0.2, -0.15) is 0 Å². The summed E-state index contributed by atoms with van der Waals surface area (Å²) in [4.78, 5) is 4.18. The van der Waals surface area contributed by atoms with Crippen molar-refractivity contribution in [2.75, 3.05) is 20.2 Å². The van der Waals surface area contributed by atoms with E-state index >= 15 is 0 Å². The number of benzene rings is 1. The Morgan fingerprint density at radius 2 is 2.10 bits per heavy atom. The van der Waals surface area contributed by atoms with Gasteiger partial charge in [0.1, 0.15) is 0 Å². The zero-order valence-electron chi connectivity index (χ0n) is 11.9. The van der Waals surface area contributed by atoms with Crippen molar-refractivity contribution in [1.29, 1.82) is 0 Å². The fourth-order valence-corrected chi connectivity index (χ4v) is 2.60. The molecule has 3 rings (SSSR count). The first-order valence-corrected chi connectivity index (χ1v) is 6.68. The van der Waals surface area contributed by atoms with Crippen molar-refractivity contribution in [3.05, 3.63) is 53.9 Å². The fraction of sp³-hybridized carbons (Fsp3) is 0.312. The molecule has 21 heavy (non-hydrogen) atoms. The van der Waals surface area contributed by atoms with Gasteiger partial charge in [-0.25, -0.2) is 0 Å². The molecule has 0 spiro atoms. The lowest BCUT2D eigenvalue weighted by Gasteiger charge is -2.26. The average Bonchev–Trinajstić information content (AvgIpc) is 2.48. The SMILES string of the molecule is CNC[C@@H]1OCCc2cc(-c3cccnc3)ccc21.Cl.Cl. The molecule has 1 aromatic heterocycles. The molecular formula is C16H20Cl2N2O. The van der Waals surface area contributed by atoms with Gasteiger partial charge < -0.3 is 10.1 Å². The van der Waals surface area contributed by atoms with Gasteiger partial charge in [-0.3, -0.25) is 4.98 Å². The largest absolute Gasteiger partial charge is 0.372 e. The third-order valence-electron chi connectivity index (χ3n) is 3.56. The van der Waals surface area contributed by atoms with Crippen molar-refractivity contribution in [2.45, 2.75) is 12.5 Å². The molecule has 0 amide bonds. The number of likely N-dealkylation sites (N-methyl/N-ethyl adjacent to an activating group) is 1. The van der Waals surface area contributed by atoms with Crippen LogP contribution in [0.2, 0.25) is 0 Å². The quantitative estimate of drug-likeness (QED) is 0.938. The number of fused-ring (bicyclic) bond motifs is 1. The van der Waals surface area contributed by atoms with E-state index in [9.17, 15) is 0 Å². The van der Waals surface area contributed by atoms with Crippen molar-refractivity contribution in [1.82, 2.24) is 10.3 Å². The van der Waals surface area contributed by atoms with Gasteiger partial charge in [0.05, 0.1) is 12.7 Å². The summed E-state index contributed by atoms with van der Waals surface area (Å²) in [6.07, 6.45) is 4.88. The molecule has 1 aliphatic rings. The lowest BCUT2D eigenvalue weighted by Crippen LogP contribution is -2.25. The fourth-order valence-electron chi connectivity index (χ4n) is 2.60. The number of hydrogen-bond acceptors (Lipinski definition) is 3. The Morgan fingerprint density at radius 3 is 2.81 bits per heavy atom. The maximum absolute atomic E-state index is 5.82. The second-order valence-electron chi connectivity index (χ2n) is 4.82. The van der Waals surface area contributed by atoms with Crippen LogP contribution in [0.25, 0.3) is 11.1 Å². The van der Waals surface area contributed by atoms with Gasteiger partial charge in [0, 0.05) is 18.9 Å². The first kappa shape index (κ1) is 17.9. The van der Waals surface area contributed by atoms with Crippen LogP contribution >= 0.6 is 24.8 Å². The van der Waals surface area contributed by atoms with E-state index in [0.29, 0.717) is 0 Å². The first-order chi connectivity index (χ1) is 9.38. The predicted molar refractivity (Wildman–Crippen MR) is 90.5 cm³/mol. The molecule has 0 bridgehead atoms. The monoisotopic (exact) mass is 326 g/mol. The van der Waals surface area contributed by atoms with Gasteiger partial charge in [0.25, 0.3) is 0 Å². The van der Waals surface area contributed by atoms with E-state index in [2.05, 4.69) is 34.6 Å². The smallest absolute Gasteiger partial charge is 0.0951 e. The molecule has 1 aromatic carbocycles. The normalized spacial score (nSPS) is 16.3. The Hall–Kier alpha value is -1.13. The van der Waals surface area contributed by atoms with Gasteiger partial charge >= 0.3 is 0 Å². The molecule has 1 atom stereocenters. The van der Waals surface area contributed by atoms with Gasteiger partial charge in [-0.15, -0.1) is 24.8 Å². The second kappa shape index (κ2) is 8.35. The molecule has 0 saturated heterocycles. The van der Waals surface area contributed by atoms with E-state index < -0.39 is 0 Å². The third-order valence-corrected chi connectivity index (χ3v) is 3.56. The number of pyridine rings is 1.